The van der Waals surface area contributed by atoms with Gasteiger partial charge in [0.1, 0.15) is 10.1 Å². The summed E-state index contributed by atoms with van der Waals surface area (Å²) in [4.78, 5) is -0.168. The molecule has 2 rings (SSSR count). The Morgan fingerprint density at radius 3 is 2.41 bits per heavy atom. The third-order valence-corrected chi connectivity index (χ3v) is 4.36. The van der Waals surface area contributed by atoms with Crippen LogP contribution in [0.25, 0.3) is 0 Å². The number of aromatic nitrogens is 1. The van der Waals surface area contributed by atoms with Crippen LogP contribution in [0.15, 0.2) is 41.6 Å². The minimum absolute atomic E-state index is 0.0452. The predicted molar refractivity (Wildman–Crippen MR) is 79.5 cm³/mol. The van der Waals surface area contributed by atoms with Crippen LogP contribution in [-0.2, 0) is 23.3 Å². The third kappa shape index (κ3) is 3.82. The molecular weight excluding hydrogens is 304 g/mol. The lowest BCUT2D eigenvalue weighted by Crippen LogP contribution is -2.44. The molecule has 2 N–H and O–H groups in total. The number of aliphatic hydroxyl groups is 1. The fourth-order valence-electron chi connectivity index (χ4n) is 2.38. The molecule has 7 heteroatoms. The molecule has 0 saturated heterocycles. The van der Waals surface area contributed by atoms with Crippen LogP contribution in [0, 0.1) is 13.8 Å². The van der Waals surface area contributed by atoms with Crippen LogP contribution in [0.3, 0.4) is 0 Å². The Hall–Kier alpha value is -1.96. The van der Waals surface area contributed by atoms with Crippen molar-refractivity contribution in [2.75, 3.05) is 5.43 Å². The first-order valence-electron chi connectivity index (χ1n) is 6.72. The van der Waals surface area contributed by atoms with E-state index in [0.29, 0.717) is 11.1 Å². The minimum atomic E-state index is -4.53. The highest BCUT2D eigenvalue weighted by molar-refractivity contribution is 7.85. The maximum atomic E-state index is 11.5. The van der Waals surface area contributed by atoms with E-state index in [4.69, 9.17) is 5.11 Å². The number of hydrogen-bond donors (Lipinski definition) is 2. The minimum Gasteiger partial charge on any atom is -0.744 e. The molecule has 6 nitrogen and oxygen atoms in total. The third-order valence-electron chi connectivity index (χ3n) is 3.28. The van der Waals surface area contributed by atoms with Crippen LogP contribution in [0.4, 0.5) is 0 Å². The Labute approximate surface area is 129 Å². The number of nitrogens with zero attached hydrogens (tertiary/aromatic N) is 1. The quantitative estimate of drug-likeness (QED) is 0.625. The number of nitrogens with one attached hydrogen (secondary N) is 1. The summed E-state index contributed by atoms with van der Waals surface area (Å²) in [7, 11) is -4.53. The average molecular weight is 322 g/mol. The molecule has 0 amide bonds. The number of aliphatic hydroxyl groups excluding tert-OH is 1. The molecule has 0 spiro atoms. The summed E-state index contributed by atoms with van der Waals surface area (Å²) >= 11 is 0. The van der Waals surface area contributed by atoms with Gasteiger partial charge in [-0.05, 0) is 30.5 Å². The van der Waals surface area contributed by atoms with Gasteiger partial charge in [-0.2, -0.15) is 5.43 Å². The fourth-order valence-corrected chi connectivity index (χ4v) is 3.28. The molecule has 0 radical (unpaired) electrons. The van der Waals surface area contributed by atoms with Crippen molar-refractivity contribution in [3.8, 4) is 0 Å². The highest BCUT2D eigenvalue weighted by atomic mass is 32.2. The molecule has 0 atom stereocenters. The van der Waals surface area contributed by atoms with Gasteiger partial charge in [0, 0.05) is 12.1 Å². The standard InChI is InChI=1S/C15H18N2O4S/c1-11-7-12(2)15(22(19,20)21)14(8-11)9-16-17-5-3-13(10-18)4-6-17/h3-8,16,18H,9-10H2,1-2H3. The van der Waals surface area contributed by atoms with Crippen LogP contribution in [0.2, 0.25) is 0 Å². The zero-order chi connectivity index (χ0) is 16.3. The van der Waals surface area contributed by atoms with Crippen molar-refractivity contribution in [1.82, 2.24) is 0 Å². The summed E-state index contributed by atoms with van der Waals surface area (Å²) in [6.45, 7) is 3.62. The topological polar surface area (TPSA) is 93.3 Å². The average Bonchev–Trinajstić information content (AvgIpc) is 2.43. The molecule has 1 heterocycles. The zero-order valence-electron chi connectivity index (χ0n) is 12.4. The Bertz CT molecular complexity index is 771. The van der Waals surface area contributed by atoms with Gasteiger partial charge in [-0.15, -0.1) is 0 Å². The molecule has 0 aliphatic carbocycles. The number of pyridine rings is 1. The molecule has 0 bridgehead atoms. The van der Waals surface area contributed by atoms with E-state index in [1.165, 1.54) is 0 Å². The molecule has 1 aromatic heterocycles. The van der Waals surface area contributed by atoms with Crippen molar-refractivity contribution >= 4 is 10.1 Å². The SMILES string of the molecule is Cc1cc(C)c(S(=O)(=O)[O-])c(CN[n+]2ccc(CO)cc2)c1. The molecule has 0 aliphatic rings. The van der Waals surface area contributed by atoms with Gasteiger partial charge in [-0.3, -0.25) is 0 Å². The van der Waals surface area contributed by atoms with Gasteiger partial charge >= 0.3 is 0 Å². The fraction of sp³-hybridized carbons (Fsp3) is 0.267. The Morgan fingerprint density at radius 2 is 1.86 bits per heavy atom. The van der Waals surface area contributed by atoms with Crippen molar-refractivity contribution < 1.29 is 22.8 Å². The molecule has 0 aliphatic heterocycles. The summed E-state index contributed by atoms with van der Waals surface area (Å²) in [6.07, 6.45) is 3.42. The summed E-state index contributed by atoms with van der Waals surface area (Å²) in [6, 6.07) is 6.84. The van der Waals surface area contributed by atoms with Gasteiger partial charge in [0.15, 0.2) is 12.4 Å². The van der Waals surface area contributed by atoms with E-state index in [0.717, 1.165) is 11.1 Å². The summed E-state index contributed by atoms with van der Waals surface area (Å²) in [5, 5.41) is 8.99. The normalized spacial score (nSPS) is 11.5. The van der Waals surface area contributed by atoms with Gasteiger partial charge in [0.25, 0.3) is 0 Å². The molecule has 0 unspecified atom stereocenters. The lowest BCUT2D eigenvalue weighted by molar-refractivity contribution is -0.651. The van der Waals surface area contributed by atoms with Crippen molar-refractivity contribution in [2.45, 2.75) is 31.9 Å². The second-order valence-electron chi connectivity index (χ2n) is 5.13. The van der Waals surface area contributed by atoms with E-state index in [-0.39, 0.29) is 18.0 Å². The van der Waals surface area contributed by atoms with Gasteiger partial charge in [0.05, 0.1) is 18.0 Å². The summed E-state index contributed by atoms with van der Waals surface area (Å²) in [5.41, 5.74) is 5.56. The molecule has 0 fully saturated rings. The van der Waals surface area contributed by atoms with E-state index in [1.807, 2.05) is 6.92 Å². The van der Waals surface area contributed by atoms with E-state index in [9.17, 15) is 13.0 Å². The maximum absolute atomic E-state index is 11.5. The van der Waals surface area contributed by atoms with Gasteiger partial charge in [-0.25, -0.2) is 8.42 Å². The van der Waals surface area contributed by atoms with Crippen LogP contribution in [0.5, 0.6) is 0 Å². The van der Waals surface area contributed by atoms with Crippen molar-refractivity contribution in [3.63, 3.8) is 0 Å². The first kappa shape index (κ1) is 16.4. The Kier molecular flexibility index (Phi) is 4.80. The maximum Gasteiger partial charge on any atom is 0.199 e. The van der Waals surface area contributed by atoms with E-state index in [1.54, 1.807) is 48.3 Å². The highest BCUT2D eigenvalue weighted by Crippen LogP contribution is 2.22. The predicted octanol–water partition coefficient (Wildman–Crippen LogP) is 0.731. The lowest BCUT2D eigenvalue weighted by Gasteiger charge is -2.16. The summed E-state index contributed by atoms with van der Waals surface area (Å²) in [5.74, 6) is 0. The smallest absolute Gasteiger partial charge is 0.199 e. The van der Waals surface area contributed by atoms with Gasteiger partial charge in [0.2, 0.25) is 0 Å². The highest BCUT2D eigenvalue weighted by Gasteiger charge is 2.14. The van der Waals surface area contributed by atoms with E-state index in [2.05, 4.69) is 5.43 Å². The number of rotatable bonds is 5. The lowest BCUT2D eigenvalue weighted by atomic mass is 10.1. The Balaban J connectivity index is 2.28. The molecule has 2 aromatic rings. The number of hydrogen-bond acceptors (Lipinski definition) is 5. The number of aryl methyl sites for hydroxylation is 2. The van der Waals surface area contributed by atoms with Crippen molar-refractivity contribution in [3.05, 3.63) is 58.9 Å². The second-order valence-corrected chi connectivity index (χ2v) is 6.45. The first-order chi connectivity index (χ1) is 10.3. The Morgan fingerprint density at radius 1 is 1.23 bits per heavy atom. The second kappa shape index (κ2) is 6.43. The molecule has 118 valence electrons. The first-order valence-corrected chi connectivity index (χ1v) is 8.13. The van der Waals surface area contributed by atoms with Gasteiger partial charge in [-0.1, -0.05) is 22.4 Å². The van der Waals surface area contributed by atoms with Crippen LogP contribution >= 0.6 is 0 Å². The van der Waals surface area contributed by atoms with Crippen molar-refractivity contribution in [1.29, 1.82) is 0 Å². The monoisotopic (exact) mass is 322 g/mol. The van der Waals surface area contributed by atoms with Gasteiger partial charge < -0.3 is 9.66 Å². The van der Waals surface area contributed by atoms with Crippen LogP contribution in [-0.4, -0.2) is 18.1 Å². The molecule has 22 heavy (non-hydrogen) atoms. The molecular formula is C15H18N2O4S. The summed E-state index contributed by atoms with van der Waals surface area (Å²) < 4.78 is 36.0. The van der Waals surface area contributed by atoms with Crippen LogP contribution in [0.1, 0.15) is 22.3 Å². The molecule has 0 saturated carbocycles. The number of benzene rings is 1. The largest absolute Gasteiger partial charge is 0.744 e. The van der Waals surface area contributed by atoms with Crippen molar-refractivity contribution in [2.24, 2.45) is 0 Å². The molecule has 1 aromatic carbocycles. The van der Waals surface area contributed by atoms with E-state index >= 15 is 0 Å². The van der Waals surface area contributed by atoms with E-state index < -0.39 is 10.1 Å². The zero-order valence-corrected chi connectivity index (χ0v) is 13.2. The van der Waals surface area contributed by atoms with Crippen LogP contribution < -0.4 is 10.1 Å².